The smallest absolute Gasteiger partial charge is 0.188 e. The average molecular weight is 264 g/mol. The van der Waals surface area contributed by atoms with Crippen LogP contribution in [-0.4, -0.2) is 20.5 Å². The standard InChI is InChI=1S/C16H24O3/c1-17-15-4-2-3-5-16(15)19-11-18-10-14-9-12-6-7-13(14)8-12/h6-7,12-14H,2-5,8-11H2,1H3. The van der Waals surface area contributed by atoms with Gasteiger partial charge in [-0.05, 0) is 43.4 Å². The van der Waals surface area contributed by atoms with Crippen LogP contribution in [0, 0.1) is 17.8 Å². The van der Waals surface area contributed by atoms with E-state index in [9.17, 15) is 0 Å². The first-order chi connectivity index (χ1) is 9.36. The molecule has 0 aromatic carbocycles. The predicted octanol–water partition coefficient (Wildman–Crippen LogP) is 3.62. The van der Waals surface area contributed by atoms with E-state index in [2.05, 4.69) is 12.2 Å². The molecule has 3 rings (SSSR count). The van der Waals surface area contributed by atoms with Crippen LogP contribution in [0.1, 0.15) is 38.5 Å². The summed E-state index contributed by atoms with van der Waals surface area (Å²) in [5.74, 6) is 4.30. The van der Waals surface area contributed by atoms with Gasteiger partial charge in [-0.2, -0.15) is 0 Å². The van der Waals surface area contributed by atoms with Crippen LogP contribution in [0.25, 0.3) is 0 Å². The van der Waals surface area contributed by atoms with Gasteiger partial charge in [0.05, 0.1) is 13.7 Å². The van der Waals surface area contributed by atoms with Crippen molar-refractivity contribution in [3.63, 3.8) is 0 Å². The lowest BCUT2D eigenvalue weighted by molar-refractivity contribution is -0.0472. The lowest BCUT2D eigenvalue weighted by Crippen LogP contribution is -2.16. The van der Waals surface area contributed by atoms with Crippen molar-refractivity contribution in [2.45, 2.75) is 38.5 Å². The van der Waals surface area contributed by atoms with Gasteiger partial charge in [0.1, 0.15) is 11.5 Å². The maximum Gasteiger partial charge on any atom is 0.188 e. The summed E-state index contributed by atoms with van der Waals surface area (Å²) in [4.78, 5) is 0. The summed E-state index contributed by atoms with van der Waals surface area (Å²) >= 11 is 0. The molecule has 3 aliphatic carbocycles. The summed E-state index contributed by atoms with van der Waals surface area (Å²) in [6, 6.07) is 0. The molecule has 1 fully saturated rings. The van der Waals surface area contributed by atoms with E-state index >= 15 is 0 Å². The van der Waals surface area contributed by atoms with Gasteiger partial charge in [-0.15, -0.1) is 0 Å². The molecule has 0 aromatic rings. The zero-order chi connectivity index (χ0) is 13.1. The van der Waals surface area contributed by atoms with Crippen molar-refractivity contribution in [2.75, 3.05) is 20.5 Å². The van der Waals surface area contributed by atoms with Gasteiger partial charge in [-0.25, -0.2) is 0 Å². The molecule has 0 saturated heterocycles. The third kappa shape index (κ3) is 2.97. The molecule has 106 valence electrons. The highest BCUT2D eigenvalue weighted by atomic mass is 16.7. The fourth-order valence-corrected chi connectivity index (χ4v) is 3.62. The quantitative estimate of drug-likeness (QED) is 0.416. The van der Waals surface area contributed by atoms with Crippen molar-refractivity contribution >= 4 is 0 Å². The Morgan fingerprint density at radius 3 is 2.63 bits per heavy atom. The van der Waals surface area contributed by atoms with Gasteiger partial charge in [0.25, 0.3) is 0 Å². The largest absolute Gasteiger partial charge is 0.498 e. The van der Waals surface area contributed by atoms with Gasteiger partial charge < -0.3 is 14.2 Å². The molecule has 0 N–H and O–H groups in total. The second-order valence-electron chi connectivity index (χ2n) is 5.93. The Balaban J connectivity index is 1.39. The number of hydrogen-bond donors (Lipinski definition) is 0. The summed E-state index contributed by atoms with van der Waals surface area (Å²) in [6.07, 6.45) is 11.8. The summed E-state index contributed by atoms with van der Waals surface area (Å²) < 4.78 is 16.8. The van der Waals surface area contributed by atoms with Crippen LogP contribution in [-0.2, 0) is 14.2 Å². The van der Waals surface area contributed by atoms with Crippen LogP contribution in [0.2, 0.25) is 0 Å². The average Bonchev–Trinajstić information content (AvgIpc) is 3.06. The Kier molecular flexibility index (Phi) is 4.12. The zero-order valence-corrected chi connectivity index (χ0v) is 11.8. The van der Waals surface area contributed by atoms with Crippen LogP contribution in [0.15, 0.2) is 23.7 Å². The third-order valence-electron chi connectivity index (χ3n) is 4.68. The number of rotatable bonds is 6. The molecule has 0 heterocycles. The molecule has 0 aliphatic heterocycles. The first kappa shape index (κ1) is 13.0. The Hall–Kier alpha value is -0.960. The van der Waals surface area contributed by atoms with Gasteiger partial charge in [0.2, 0.25) is 0 Å². The SMILES string of the molecule is COC1=C(OCOCC2CC3C=CC2C3)CCCC1. The van der Waals surface area contributed by atoms with Gasteiger partial charge in [0, 0.05) is 12.8 Å². The minimum atomic E-state index is 0.375. The lowest BCUT2D eigenvalue weighted by atomic mass is 9.95. The Bertz CT molecular complexity index is 372. The zero-order valence-electron chi connectivity index (χ0n) is 11.8. The van der Waals surface area contributed by atoms with E-state index in [0.29, 0.717) is 12.7 Å². The molecule has 3 unspecified atom stereocenters. The Morgan fingerprint density at radius 2 is 1.95 bits per heavy atom. The molecule has 0 spiro atoms. The topological polar surface area (TPSA) is 27.7 Å². The molecule has 0 radical (unpaired) electrons. The van der Waals surface area contributed by atoms with E-state index in [1.165, 1.54) is 25.7 Å². The summed E-state index contributed by atoms with van der Waals surface area (Å²) in [7, 11) is 1.73. The third-order valence-corrected chi connectivity index (χ3v) is 4.68. The molecule has 3 heteroatoms. The van der Waals surface area contributed by atoms with Crippen LogP contribution >= 0.6 is 0 Å². The van der Waals surface area contributed by atoms with Crippen molar-refractivity contribution in [3.8, 4) is 0 Å². The maximum absolute atomic E-state index is 5.74. The van der Waals surface area contributed by atoms with E-state index < -0.39 is 0 Å². The van der Waals surface area contributed by atoms with Gasteiger partial charge >= 0.3 is 0 Å². The number of methoxy groups -OCH3 is 1. The molecule has 0 amide bonds. The molecular weight excluding hydrogens is 240 g/mol. The molecule has 3 nitrogen and oxygen atoms in total. The molecule has 1 saturated carbocycles. The van der Waals surface area contributed by atoms with Crippen molar-refractivity contribution in [3.05, 3.63) is 23.7 Å². The highest BCUT2D eigenvalue weighted by molar-refractivity contribution is 5.10. The maximum atomic E-state index is 5.74. The monoisotopic (exact) mass is 264 g/mol. The second kappa shape index (κ2) is 6.00. The molecule has 3 aliphatic rings. The van der Waals surface area contributed by atoms with Crippen LogP contribution in [0.3, 0.4) is 0 Å². The molecule has 0 aromatic heterocycles. The number of fused-ring (bicyclic) bond motifs is 2. The molecule has 3 atom stereocenters. The van der Waals surface area contributed by atoms with Crippen LogP contribution in [0.5, 0.6) is 0 Å². The molecule has 19 heavy (non-hydrogen) atoms. The normalized spacial score (nSPS) is 33.0. The van der Waals surface area contributed by atoms with E-state index in [1.807, 2.05) is 0 Å². The highest BCUT2D eigenvalue weighted by Gasteiger charge is 2.35. The van der Waals surface area contributed by atoms with E-state index in [0.717, 1.165) is 42.8 Å². The lowest BCUT2D eigenvalue weighted by Gasteiger charge is -2.21. The van der Waals surface area contributed by atoms with Gasteiger partial charge in [-0.1, -0.05) is 12.2 Å². The van der Waals surface area contributed by atoms with E-state index in [-0.39, 0.29) is 0 Å². The molecular formula is C16H24O3. The number of allylic oxidation sites excluding steroid dienone is 4. The molecule has 2 bridgehead atoms. The minimum absolute atomic E-state index is 0.375. The van der Waals surface area contributed by atoms with Crippen molar-refractivity contribution in [1.82, 2.24) is 0 Å². The fourth-order valence-electron chi connectivity index (χ4n) is 3.62. The fraction of sp³-hybridized carbons (Fsp3) is 0.750. The minimum Gasteiger partial charge on any atom is -0.498 e. The summed E-state index contributed by atoms with van der Waals surface area (Å²) in [5, 5.41) is 0. The van der Waals surface area contributed by atoms with E-state index in [4.69, 9.17) is 14.2 Å². The van der Waals surface area contributed by atoms with Crippen molar-refractivity contribution < 1.29 is 14.2 Å². The van der Waals surface area contributed by atoms with Crippen molar-refractivity contribution in [1.29, 1.82) is 0 Å². The van der Waals surface area contributed by atoms with Gasteiger partial charge in [0.15, 0.2) is 6.79 Å². The first-order valence-corrected chi connectivity index (χ1v) is 7.51. The summed E-state index contributed by atoms with van der Waals surface area (Å²) in [6.45, 7) is 1.21. The van der Waals surface area contributed by atoms with Crippen LogP contribution in [0.4, 0.5) is 0 Å². The highest BCUT2D eigenvalue weighted by Crippen LogP contribution is 2.43. The first-order valence-electron chi connectivity index (χ1n) is 7.51. The van der Waals surface area contributed by atoms with Gasteiger partial charge in [-0.3, -0.25) is 0 Å². The van der Waals surface area contributed by atoms with E-state index in [1.54, 1.807) is 7.11 Å². The van der Waals surface area contributed by atoms with Crippen molar-refractivity contribution in [2.24, 2.45) is 17.8 Å². The second-order valence-corrected chi connectivity index (χ2v) is 5.93. The number of hydrogen-bond acceptors (Lipinski definition) is 3. The Labute approximate surface area is 115 Å². The predicted molar refractivity (Wildman–Crippen MR) is 73.3 cm³/mol. The Morgan fingerprint density at radius 1 is 1.11 bits per heavy atom. The number of ether oxygens (including phenoxy) is 3. The van der Waals surface area contributed by atoms with Crippen LogP contribution < -0.4 is 0 Å². The summed E-state index contributed by atoms with van der Waals surface area (Å²) in [5.41, 5.74) is 0.